The molecule has 1 heterocycles. The van der Waals surface area contributed by atoms with Crippen molar-refractivity contribution in [3.8, 4) is 0 Å². The zero-order chi connectivity index (χ0) is 18.2. The molecule has 0 spiro atoms. The van der Waals surface area contributed by atoms with Crippen LogP contribution in [0.2, 0.25) is 0 Å². The highest BCUT2D eigenvalue weighted by atomic mass is 32.1. The zero-order valence-electron chi connectivity index (χ0n) is 13.1. The summed E-state index contributed by atoms with van der Waals surface area (Å²) in [5.74, 6) is -1.29. The molecule has 1 amide bonds. The number of carbonyl (C=O) groups excluding carboxylic acids is 2. The fourth-order valence-corrected chi connectivity index (χ4v) is 2.70. The molecule has 6 nitrogen and oxygen atoms in total. The van der Waals surface area contributed by atoms with E-state index in [1.165, 1.54) is 6.07 Å². The van der Waals surface area contributed by atoms with Gasteiger partial charge >= 0.3 is 12.1 Å². The molecule has 0 bridgehead atoms. The van der Waals surface area contributed by atoms with Gasteiger partial charge in [-0.2, -0.15) is 13.2 Å². The highest BCUT2D eigenvalue weighted by Crippen LogP contribution is 2.24. The zero-order valence-corrected chi connectivity index (χ0v) is 13.9. The molecular weight excluding hydrogens is 349 g/mol. The van der Waals surface area contributed by atoms with Crippen molar-refractivity contribution in [3.05, 3.63) is 17.0 Å². The maximum atomic E-state index is 12.5. The molecule has 0 fully saturated rings. The Morgan fingerprint density at radius 1 is 1.42 bits per heavy atom. The summed E-state index contributed by atoms with van der Waals surface area (Å²) in [6.07, 6.45) is -4.33. The number of anilines is 1. The third kappa shape index (κ3) is 7.28. The number of carbonyl (C=O) groups is 2. The number of ether oxygens (including phenoxy) is 1. The number of esters is 1. The number of thiophene rings is 1. The summed E-state index contributed by atoms with van der Waals surface area (Å²) >= 11 is 1.08. The van der Waals surface area contributed by atoms with Crippen molar-refractivity contribution >= 4 is 28.2 Å². The van der Waals surface area contributed by atoms with Gasteiger partial charge in [-0.15, -0.1) is 11.3 Å². The van der Waals surface area contributed by atoms with Crippen molar-refractivity contribution < 1.29 is 32.6 Å². The highest BCUT2D eigenvalue weighted by molar-refractivity contribution is 7.14. The van der Waals surface area contributed by atoms with Gasteiger partial charge in [0.05, 0.1) is 25.3 Å². The Kier molecular flexibility index (Phi) is 8.16. The molecule has 136 valence electrons. The van der Waals surface area contributed by atoms with Gasteiger partial charge in [0.1, 0.15) is 5.00 Å². The van der Waals surface area contributed by atoms with E-state index in [1.807, 2.05) is 0 Å². The van der Waals surface area contributed by atoms with Crippen molar-refractivity contribution in [1.82, 2.24) is 4.90 Å². The summed E-state index contributed by atoms with van der Waals surface area (Å²) < 4.78 is 42.4. The molecule has 1 rings (SSSR count). The van der Waals surface area contributed by atoms with E-state index in [0.29, 0.717) is 0 Å². The Balaban J connectivity index is 2.69. The van der Waals surface area contributed by atoms with Crippen LogP contribution in [-0.2, 0) is 9.53 Å². The third-order valence-corrected chi connectivity index (χ3v) is 3.65. The lowest BCUT2D eigenvalue weighted by Crippen LogP contribution is -2.40. The maximum Gasteiger partial charge on any atom is 0.401 e. The standard InChI is InChI=1S/C14H19F3N2O4S/c1-2-23-13(22)10-4-7-24-12(10)18-11(21)8-19(5-3-6-20)9-14(15,16)17/h4,7,20H,2-3,5-6,8-9H2,1H3,(H,18,21). The number of halogens is 3. The number of nitrogens with one attached hydrogen (secondary N) is 1. The van der Waals surface area contributed by atoms with Crippen molar-refractivity contribution in [3.63, 3.8) is 0 Å². The van der Waals surface area contributed by atoms with Crippen LogP contribution in [0.4, 0.5) is 18.2 Å². The number of amides is 1. The highest BCUT2D eigenvalue weighted by Gasteiger charge is 2.31. The predicted octanol–water partition coefficient (Wildman–Crippen LogP) is 2.11. The fourth-order valence-electron chi connectivity index (χ4n) is 1.91. The minimum atomic E-state index is -4.45. The summed E-state index contributed by atoms with van der Waals surface area (Å²) in [5.41, 5.74) is 0.160. The summed E-state index contributed by atoms with van der Waals surface area (Å²) in [4.78, 5) is 24.6. The van der Waals surface area contributed by atoms with Crippen LogP contribution < -0.4 is 5.32 Å². The molecule has 0 aromatic carbocycles. The summed E-state index contributed by atoms with van der Waals surface area (Å²) in [5, 5.41) is 13.0. The number of hydrogen-bond acceptors (Lipinski definition) is 6. The SMILES string of the molecule is CCOC(=O)c1ccsc1NC(=O)CN(CCCO)CC(F)(F)F. The lowest BCUT2D eigenvalue weighted by molar-refractivity contribution is -0.148. The Morgan fingerprint density at radius 3 is 2.71 bits per heavy atom. The molecule has 0 unspecified atom stereocenters. The summed E-state index contributed by atoms with van der Waals surface area (Å²) in [6.45, 7) is -0.289. The largest absolute Gasteiger partial charge is 0.462 e. The molecule has 1 aromatic rings. The van der Waals surface area contributed by atoms with Crippen LogP contribution in [0.3, 0.4) is 0 Å². The third-order valence-electron chi connectivity index (χ3n) is 2.82. The van der Waals surface area contributed by atoms with Crippen LogP contribution in [0.1, 0.15) is 23.7 Å². The average molecular weight is 368 g/mol. The Bertz CT molecular complexity index is 548. The van der Waals surface area contributed by atoms with E-state index in [9.17, 15) is 22.8 Å². The Labute approximate surface area is 141 Å². The van der Waals surface area contributed by atoms with Crippen LogP contribution in [0.5, 0.6) is 0 Å². The van der Waals surface area contributed by atoms with Crippen molar-refractivity contribution in [2.24, 2.45) is 0 Å². The molecule has 0 saturated carbocycles. The van der Waals surface area contributed by atoms with Gasteiger partial charge in [0.15, 0.2) is 0 Å². The van der Waals surface area contributed by atoms with E-state index < -0.39 is 31.1 Å². The molecule has 2 N–H and O–H groups in total. The minimum absolute atomic E-state index is 0.0708. The van der Waals surface area contributed by atoms with E-state index in [0.717, 1.165) is 16.2 Å². The van der Waals surface area contributed by atoms with Gasteiger partial charge in [0.25, 0.3) is 0 Å². The number of rotatable bonds is 9. The number of hydrogen-bond donors (Lipinski definition) is 2. The summed E-state index contributed by atoms with van der Waals surface area (Å²) in [7, 11) is 0. The van der Waals surface area contributed by atoms with Crippen LogP contribution in [0.25, 0.3) is 0 Å². The molecule has 0 atom stereocenters. The fraction of sp³-hybridized carbons (Fsp3) is 0.571. The van der Waals surface area contributed by atoms with Gasteiger partial charge in [-0.1, -0.05) is 0 Å². The number of aliphatic hydroxyl groups is 1. The van der Waals surface area contributed by atoms with Crippen molar-refractivity contribution in [2.45, 2.75) is 19.5 Å². The van der Waals surface area contributed by atoms with Gasteiger partial charge in [-0.05, 0) is 24.8 Å². The number of alkyl halides is 3. The minimum Gasteiger partial charge on any atom is -0.462 e. The molecule has 0 saturated heterocycles. The van der Waals surface area contributed by atoms with Crippen LogP contribution in [-0.4, -0.2) is 60.9 Å². The van der Waals surface area contributed by atoms with Gasteiger partial charge in [-0.25, -0.2) is 4.79 Å². The predicted molar refractivity (Wildman–Crippen MR) is 83.1 cm³/mol. The van der Waals surface area contributed by atoms with Gasteiger partial charge in [0.2, 0.25) is 5.91 Å². The molecule has 0 aliphatic heterocycles. The molecule has 24 heavy (non-hydrogen) atoms. The molecule has 10 heteroatoms. The topological polar surface area (TPSA) is 78.9 Å². The number of nitrogens with zero attached hydrogens (tertiary/aromatic N) is 1. The van der Waals surface area contributed by atoms with Crippen LogP contribution in [0, 0.1) is 0 Å². The van der Waals surface area contributed by atoms with Gasteiger partial charge < -0.3 is 15.2 Å². The maximum absolute atomic E-state index is 12.5. The normalized spacial score (nSPS) is 11.6. The molecule has 0 aliphatic rings. The first-order valence-electron chi connectivity index (χ1n) is 7.21. The van der Waals surface area contributed by atoms with Gasteiger partial charge in [-0.3, -0.25) is 9.69 Å². The average Bonchev–Trinajstić information content (AvgIpc) is 2.91. The second-order valence-corrected chi connectivity index (χ2v) is 5.75. The smallest absolute Gasteiger partial charge is 0.401 e. The van der Waals surface area contributed by atoms with E-state index in [4.69, 9.17) is 9.84 Å². The van der Waals surface area contributed by atoms with Gasteiger partial charge in [0, 0.05) is 13.2 Å². The number of aliphatic hydroxyl groups excluding tert-OH is 1. The van der Waals surface area contributed by atoms with Crippen molar-refractivity contribution in [2.75, 3.05) is 38.2 Å². The second kappa shape index (κ2) is 9.60. The lowest BCUT2D eigenvalue weighted by Gasteiger charge is -2.22. The first-order chi connectivity index (χ1) is 11.3. The quantitative estimate of drug-likeness (QED) is 0.653. The van der Waals surface area contributed by atoms with Crippen LogP contribution in [0.15, 0.2) is 11.4 Å². The van der Waals surface area contributed by atoms with E-state index >= 15 is 0 Å². The van der Waals surface area contributed by atoms with E-state index in [-0.39, 0.29) is 36.7 Å². The Hall–Kier alpha value is -1.65. The monoisotopic (exact) mass is 368 g/mol. The Morgan fingerprint density at radius 2 is 2.12 bits per heavy atom. The first-order valence-corrected chi connectivity index (χ1v) is 8.09. The van der Waals surface area contributed by atoms with Crippen LogP contribution >= 0.6 is 11.3 Å². The molecular formula is C14H19F3N2O4S. The molecule has 0 aliphatic carbocycles. The summed E-state index contributed by atoms with van der Waals surface area (Å²) in [6, 6.07) is 1.47. The molecule has 1 aromatic heterocycles. The first kappa shape index (κ1) is 20.4. The lowest BCUT2D eigenvalue weighted by atomic mass is 10.3. The van der Waals surface area contributed by atoms with E-state index in [1.54, 1.807) is 12.3 Å². The van der Waals surface area contributed by atoms with Crippen molar-refractivity contribution in [1.29, 1.82) is 0 Å². The molecule has 0 radical (unpaired) electrons. The second-order valence-electron chi connectivity index (χ2n) is 4.84. The van der Waals surface area contributed by atoms with E-state index in [2.05, 4.69) is 5.32 Å².